The summed E-state index contributed by atoms with van der Waals surface area (Å²) < 4.78 is 43.1. The quantitative estimate of drug-likeness (QED) is 0.161. The van der Waals surface area contributed by atoms with Crippen molar-refractivity contribution in [2.24, 2.45) is 10.8 Å². The lowest BCUT2D eigenvalue weighted by Gasteiger charge is -2.32. The van der Waals surface area contributed by atoms with Crippen molar-refractivity contribution in [3.8, 4) is 0 Å². The second kappa shape index (κ2) is 13.4. The molecule has 0 fully saturated rings. The monoisotopic (exact) mass is 570 g/mol. The van der Waals surface area contributed by atoms with Crippen LogP contribution in [-0.4, -0.2) is 25.6 Å². The SMILES string of the molecule is C=C(O[Si](C)(C)C)C(C)(C)CSc1ccc(C)cc1.CC(=O)C(C)(C)CSc1ccc(C(F)(F)F)cc1. The van der Waals surface area contributed by atoms with Gasteiger partial charge < -0.3 is 4.43 Å². The van der Waals surface area contributed by atoms with Crippen LogP contribution in [-0.2, 0) is 15.4 Å². The fourth-order valence-corrected chi connectivity index (χ4v) is 5.68. The Hall–Kier alpha value is -1.64. The number of hydrogen-bond donors (Lipinski definition) is 0. The lowest BCUT2D eigenvalue weighted by Crippen LogP contribution is -2.30. The largest absolute Gasteiger partial charge is 0.547 e. The number of hydrogen-bond acceptors (Lipinski definition) is 4. The molecule has 0 aliphatic rings. The molecule has 0 saturated carbocycles. The first-order chi connectivity index (χ1) is 16.7. The van der Waals surface area contributed by atoms with E-state index in [0.29, 0.717) is 5.75 Å². The minimum atomic E-state index is -4.30. The van der Waals surface area contributed by atoms with Crippen molar-refractivity contribution < 1.29 is 22.4 Å². The van der Waals surface area contributed by atoms with Gasteiger partial charge in [0.05, 0.1) is 11.3 Å². The molecule has 0 unspecified atom stereocenters. The number of allylic oxidation sites excluding steroid dienone is 1. The zero-order chi connectivity index (χ0) is 28.7. The first-order valence-electron chi connectivity index (χ1n) is 12.1. The van der Waals surface area contributed by atoms with Crippen LogP contribution in [0.5, 0.6) is 0 Å². The number of carbonyl (C=O) groups excluding carboxylic acids is 1. The number of rotatable bonds is 10. The number of Topliss-reactive ketones (excluding diaryl/α,β-unsaturated/α-hetero) is 1. The van der Waals surface area contributed by atoms with Gasteiger partial charge in [0.2, 0.25) is 8.32 Å². The molecule has 0 aliphatic heterocycles. The number of ketones is 1. The molecule has 206 valence electrons. The van der Waals surface area contributed by atoms with Crippen LogP contribution in [0, 0.1) is 17.8 Å². The molecule has 0 N–H and O–H groups in total. The van der Waals surface area contributed by atoms with E-state index < -0.39 is 25.5 Å². The Labute approximate surface area is 231 Å². The second-order valence-electron chi connectivity index (χ2n) is 11.4. The van der Waals surface area contributed by atoms with Crippen LogP contribution >= 0.6 is 23.5 Å². The summed E-state index contributed by atoms with van der Waals surface area (Å²) in [6.45, 7) is 22.4. The summed E-state index contributed by atoms with van der Waals surface area (Å²) in [7, 11) is -1.55. The molecule has 2 rings (SSSR count). The average Bonchev–Trinajstić information content (AvgIpc) is 2.76. The van der Waals surface area contributed by atoms with Crippen LogP contribution in [0.4, 0.5) is 13.2 Å². The van der Waals surface area contributed by atoms with Crippen LogP contribution in [0.3, 0.4) is 0 Å². The van der Waals surface area contributed by atoms with E-state index in [1.54, 1.807) is 0 Å². The first-order valence-corrected chi connectivity index (χ1v) is 17.5. The zero-order valence-electron chi connectivity index (χ0n) is 23.5. The molecular formula is C29H41F3O2S2Si. The van der Waals surface area contributed by atoms with Gasteiger partial charge in [0.1, 0.15) is 5.78 Å². The third-order valence-corrected chi connectivity index (χ3v) is 9.34. The average molecular weight is 571 g/mol. The number of carbonyl (C=O) groups is 1. The van der Waals surface area contributed by atoms with Gasteiger partial charge in [-0.05, 0) is 69.9 Å². The minimum absolute atomic E-state index is 0.00413. The topological polar surface area (TPSA) is 26.3 Å². The molecular weight excluding hydrogens is 530 g/mol. The Morgan fingerprint density at radius 1 is 0.838 bits per heavy atom. The normalized spacial score (nSPS) is 12.4. The van der Waals surface area contributed by atoms with Crippen molar-refractivity contribution in [3.63, 3.8) is 0 Å². The highest BCUT2D eigenvalue weighted by molar-refractivity contribution is 7.99. The van der Waals surface area contributed by atoms with E-state index in [1.807, 2.05) is 25.6 Å². The Morgan fingerprint density at radius 3 is 1.62 bits per heavy atom. The standard InChI is InChI=1S/C16H26OSSi.C13H15F3OS/c1-13-8-10-15(11-9-13)18-12-16(3,4)14(2)17-19(5,6)7;1-9(17)12(2,3)8-18-11-6-4-10(5-7-11)13(14,15)16/h8-11H,2,12H2,1,3-7H3;4-7H,8H2,1-3H3. The van der Waals surface area contributed by atoms with Crippen molar-refractivity contribution in [1.82, 2.24) is 0 Å². The van der Waals surface area contributed by atoms with E-state index in [-0.39, 0.29) is 11.2 Å². The molecule has 37 heavy (non-hydrogen) atoms. The van der Waals surface area contributed by atoms with E-state index in [4.69, 9.17) is 4.43 Å². The van der Waals surface area contributed by atoms with Crippen molar-refractivity contribution >= 4 is 37.6 Å². The lowest BCUT2D eigenvalue weighted by molar-refractivity contribution is -0.137. The van der Waals surface area contributed by atoms with Gasteiger partial charge in [-0.3, -0.25) is 4.79 Å². The van der Waals surface area contributed by atoms with Crippen molar-refractivity contribution in [2.45, 2.75) is 77.2 Å². The maximum Gasteiger partial charge on any atom is 0.416 e. The highest BCUT2D eigenvalue weighted by atomic mass is 32.2. The van der Waals surface area contributed by atoms with E-state index in [2.05, 4.69) is 71.3 Å². The Balaban J connectivity index is 0.000000371. The van der Waals surface area contributed by atoms with Crippen molar-refractivity contribution in [2.75, 3.05) is 11.5 Å². The summed E-state index contributed by atoms with van der Waals surface area (Å²) in [6.07, 6.45) is -4.30. The molecule has 0 radical (unpaired) electrons. The van der Waals surface area contributed by atoms with E-state index in [0.717, 1.165) is 28.5 Å². The van der Waals surface area contributed by atoms with Crippen molar-refractivity contribution in [3.05, 3.63) is 72.0 Å². The lowest BCUT2D eigenvalue weighted by atomic mass is 9.92. The predicted molar refractivity (Wildman–Crippen MR) is 156 cm³/mol. The maximum atomic E-state index is 12.3. The number of alkyl halides is 3. The number of halogens is 3. The second-order valence-corrected chi connectivity index (χ2v) is 17.9. The third-order valence-electron chi connectivity index (χ3n) is 5.54. The van der Waals surface area contributed by atoms with E-state index in [9.17, 15) is 18.0 Å². The van der Waals surface area contributed by atoms with Gasteiger partial charge in [0.25, 0.3) is 0 Å². The maximum absolute atomic E-state index is 12.3. The minimum Gasteiger partial charge on any atom is -0.547 e. The van der Waals surface area contributed by atoms with Gasteiger partial charge in [0, 0.05) is 32.1 Å². The summed E-state index contributed by atoms with van der Waals surface area (Å²) in [6, 6.07) is 13.7. The molecule has 0 atom stereocenters. The summed E-state index contributed by atoms with van der Waals surface area (Å²) in [4.78, 5) is 13.3. The zero-order valence-corrected chi connectivity index (χ0v) is 26.1. The Morgan fingerprint density at radius 2 is 1.24 bits per heavy atom. The van der Waals surface area contributed by atoms with Crippen LogP contribution in [0.25, 0.3) is 0 Å². The van der Waals surface area contributed by atoms with Crippen LogP contribution in [0.2, 0.25) is 19.6 Å². The summed E-state index contributed by atoms with van der Waals surface area (Å²) >= 11 is 3.25. The number of thioether (sulfide) groups is 2. The summed E-state index contributed by atoms with van der Waals surface area (Å²) in [5, 5.41) is 0. The molecule has 0 heterocycles. The molecule has 0 aromatic heterocycles. The number of aryl methyl sites for hydroxylation is 1. The highest BCUT2D eigenvalue weighted by Gasteiger charge is 2.30. The molecule has 2 nitrogen and oxygen atoms in total. The van der Waals surface area contributed by atoms with Gasteiger partial charge >= 0.3 is 6.18 Å². The molecule has 2 aromatic rings. The van der Waals surface area contributed by atoms with Gasteiger partial charge in [-0.25, -0.2) is 0 Å². The Bertz CT molecular complexity index is 1020. The predicted octanol–water partition coefficient (Wildman–Crippen LogP) is 9.89. The molecule has 0 amide bonds. The number of benzene rings is 2. The summed E-state index contributed by atoms with van der Waals surface area (Å²) in [5.74, 6) is 2.53. The first kappa shape index (κ1) is 33.4. The molecule has 8 heteroatoms. The van der Waals surface area contributed by atoms with Gasteiger partial charge in [-0.15, -0.1) is 23.5 Å². The van der Waals surface area contributed by atoms with E-state index in [1.165, 1.54) is 41.3 Å². The van der Waals surface area contributed by atoms with Crippen LogP contribution < -0.4 is 0 Å². The van der Waals surface area contributed by atoms with Gasteiger partial charge in [0.15, 0.2) is 0 Å². The molecule has 0 saturated heterocycles. The Kier molecular flexibility index (Phi) is 12.1. The molecule has 0 aliphatic carbocycles. The van der Waals surface area contributed by atoms with Gasteiger partial charge in [-0.2, -0.15) is 13.2 Å². The smallest absolute Gasteiger partial charge is 0.416 e. The summed E-state index contributed by atoms with van der Waals surface area (Å²) in [5.41, 5.74) is 0.177. The van der Waals surface area contributed by atoms with Crippen LogP contribution in [0.1, 0.15) is 45.7 Å². The fraction of sp³-hybridized carbons (Fsp3) is 0.483. The van der Waals surface area contributed by atoms with Crippen LogP contribution in [0.15, 0.2) is 70.7 Å². The van der Waals surface area contributed by atoms with E-state index >= 15 is 0 Å². The highest BCUT2D eigenvalue weighted by Crippen LogP contribution is 2.35. The molecule has 2 aromatic carbocycles. The molecule has 0 bridgehead atoms. The van der Waals surface area contributed by atoms with Crippen molar-refractivity contribution in [1.29, 1.82) is 0 Å². The fourth-order valence-electron chi connectivity index (χ4n) is 2.59. The third kappa shape index (κ3) is 12.6. The molecule has 0 spiro atoms. The van der Waals surface area contributed by atoms with Gasteiger partial charge in [-0.1, -0.05) is 52.0 Å².